The van der Waals surface area contributed by atoms with Crippen molar-refractivity contribution in [2.24, 2.45) is 11.8 Å². The van der Waals surface area contributed by atoms with Crippen LogP contribution in [0.3, 0.4) is 0 Å². The zero-order chi connectivity index (χ0) is 29.5. The monoisotopic (exact) mass is 613 g/mol. The first-order valence-electron chi connectivity index (χ1n) is 12.6. The molecule has 0 aliphatic carbocycles. The van der Waals surface area contributed by atoms with E-state index in [0.717, 1.165) is 12.8 Å². The molecule has 6 atom stereocenters. The lowest BCUT2D eigenvalue weighted by atomic mass is 9.91. The highest BCUT2D eigenvalue weighted by atomic mass is 32.5. The topological polar surface area (TPSA) is 240 Å². The van der Waals surface area contributed by atoms with Crippen LogP contribution >= 0.6 is 6.72 Å². The van der Waals surface area contributed by atoms with Gasteiger partial charge in [-0.3, -0.25) is 14.3 Å². The standard InChI is InChI=1S/C21H29FN11O6PS/c1-9(2)3-4-10-5-12(11-6-25-18-16(23)26-8-27-32(11)18)38-13(10)7-37-40(36,41)39-15(22)20(35)33-17-14(30-31-33)19(34)29-21(24)28-17/h6,8-10,12-13,15,20,35H,3-5,7H2,1-2H3,(H,36,41)(H2,23,26,27)(H3,24,28,29,34)/t10-,12+,13+,15-,20+,40?/m0/s1. The van der Waals surface area contributed by atoms with E-state index in [1.54, 1.807) is 10.7 Å². The average molecular weight is 614 g/mol. The number of nitrogens with zero attached hydrogens (tertiary/aromatic N) is 8. The van der Waals surface area contributed by atoms with Crippen molar-refractivity contribution in [1.82, 2.24) is 44.5 Å². The van der Waals surface area contributed by atoms with Crippen LogP contribution in [0, 0.1) is 11.8 Å². The molecule has 0 radical (unpaired) electrons. The summed E-state index contributed by atoms with van der Waals surface area (Å²) >= 11 is 5.01. The van der Waals surface area contributed by atoms with Crippen LogP contribution in [-0.4, -0.2) is 73.6 Å². The fourth-order valence-electron chi connectivity index (χ4n) is 4.62. The van der Waals surface area contributed by atoms with Gasteiger partial charge in [-0.1, -0.05) is 25.5 Å². The number of aromatic nitrogens is 9. The Morgan fingerprint density at radius 1 is 1.34 bits per heavy atom. The molecular formula is C21H29FN11O6PS. The second-order valence-corrected chi connectivity index (χ2v) is 12.8. The number of halogens is 1. The predicted octanol–water partition coefficient (Wildman–Crippen LogP) is 0.736. The minimum Gasteiger partial charge on any atom is -0.381 e. The molecule has 1 fully saturated rings. The van der Waals surface area contributed by atoms with Crippen molar-refractivity contribution >= 4 is 47.1 Å². The van der Waals surface area contributed by atoms with Crippen molar-refractivity contribution in [3.8, 4) is 0 Å². The molecule has 0 saturated carbocycles. The lowest BCUT2D eigenvalue weighted by Gasteiger charge is -2.24. The molecule has 5 heterocycles. The number of alkyl halides is 1. The maximum absolute atomic E-state index is 15.0. The Hall–Kier alpha value is -3.19. The lowest BCUT2D eigenvalue weighted by molar-refractivity contribution is -0.0991. The van der Waals surface area contributed by atoms with E-state index in [2.05, 4.69) is 49.2 Å². The van der Waals surface area contributed by atoms with E-state index in [-0.39, 0.29) is 35.5 Å². The van der Waals surface area contributed by atoms with Gasteiger partial charge in [0.25, 0.3) is 11.9 Å². The molecule has 4 aromatic heterocycles. The Bertz CT molecular complexity index is 1650. The van der Waals surface area contributed by atoms with Crippen LogP contribution < -0.4 is 17.0 Å². The normalized spacial score (nSPS) is 22.4. The summed E-state index contributed by atoms with van der Waals surface area (Å²) in [6.07, 6.45) is -0.480. The van der Waals surface area contributed by atoms with Crippen molar-refractivity contribution in [3.05, 3.63) is 28.6 Å². The van der Waals surface area contributed by atoms with Crippen LogP contribution in [0.5, 0.6) is 0 Å². The molecule has 1 aliphatic rings. The van der Waals surface area contributed by atoms with Gasteiger partial charge in [-0.05, 0) is 36.5 Å². The summed E-state index contributed by atoms with van der Waals surface area (Å²) < 4.78 is 33.7. The van der Waals surface area contributed by atoms with Crippen molar-refractivity contribution in [3.63, 3.8) is 0 Å². The number of imidazole rings is 1. The van der Waals surface area contributed by atoms with Crippen molar-refractivity contribution < 1.29 is 28.2 Å². The predicted molar refractivity (Wildman–Crippen MR) is 145 cm³/mol. The fraction of sp³-hybridized carbons (Fsp3) is 0.571. The molecule has 222 valence electrons. The number of hydrogen-bond donors (Lipinski definition) is 5. The highest BCUT2D eigenvalue weighted by Crippen LogP contribution is 2.48. The summed E-state index contributed by atoms with van der Waals surface area (Å²) in [6, 6.07) is 0. The Morgan fingerprint density at radius 2 is 2.12 bits per heavy atom. The SMILES string of the molecule is CC(C)CC[C@H]1C[C@H](c2cnc3c(N)ncnn23)O[C@@H]1COP(O)(=S)O[C@H](F)[C@@H](O)n1nnc2c(=O)[nH]c(N)nc21. The Morgan fingerprint density at radius 3 is 2.88 bits per heavy atom. The van der Waals surface area contributed by atoms with E-state index in [4.69, 9.17) is 37.1 Å². The zero-order valence-corrected chi connectivity index (χ0v) is 23.7. The number of ether oxygens (including phenoxy) is 1. The third kappa shape index (κ3) is 6.20. The maximum atomic E-state index is 15.0. The van der Waals surface area contributed by atoms with Gasteiger partial charge in [-0.15, -0.1) is 5.10 Å². The molecule has 4 aromatic rings. The summed E-state index contributed by atoms with van der Waals surface area (Å²) in [5, 5.41) is 21.7. The van der Waals surface area contributed by atoms with Gasteiger partial charge in [0, 0.05) is 0 Å². The van der Waals surface area contributed by atoms with Gasteiger partial charge < -0.3 is 30.7 Å². The molecule has 1 aliphatic heterocycles. The number of nitrogen functional groups attached to an aromatic ring is 2. The first kappa shape index (κ1) is 29.3. The molecule has 0 aromatic carbocycles. The molecule has 17 nitrogen and oxygen atoms in total. The molecular weight excluding hydrogens is 584 g/mol. The fourth-order valence-corrected chi connectivity index (χ4v) is 5.81. The number of nitrogens with one attached hydrogen (secondary N) is 1. The average Bonchev–Trinajstić information content (AvgIpc) is 3.62. The van der Waals surface area contributed by atoms with Crippen LogP contribution in [0.2, 0.25) is 0 Å². The number of rotatable bonds is 11. The highest BCUT2D eigenvalue weighted by Gasteiger charge is 2.39. The van der Waals surface area contributed by atoms with Crippen LogP contribution in [0.4, 0.5) is 16.2 Å². The van der Waals surface area contributed by atoms with Gasteiger partial charge in [-0.25, -0.2) is 18.9 Å². The molecule has 7 N–H and O–H groups in total. The van der Waals surface area contributed by atoms with Crippen LogP contribution in [0.15, 0.2) is 17.3 Å². The first-order valence-corrected chi connectivity index (χ1v) is 15.2. The van der Waals surface area contributed by atoms with E-state index in [1.807, 2.05) is 0 Å². The Labute approximate surface area is 236 Å². The number of fused-ring (bicyclic) bond motifs is 2. The Balaban J connectivity index is 1.27. The lowest BCUT2D eigenvalue weighted by Crippen LogP contribution is -2.26. The smallest absolute Gasteiger partial charge is 0.327 e. The van der Waals surface area contributed by atoms with Crippen LogP contribution in [-0.2, 0) is 25.6 Å². The molecule has 0 spiro atoms. The molecule has 5 rings (SSSR count). The minimum atomic E-state index is -4.24. The molecule has 0 amide bonds. The van der Waals surface area contributed by atoms with E-state index < -0.39 is 37.1 Å². The van der Waals surface area contributed by atoms with Crippen molar-refractivity contribution in [2.45, 2.75) is 57.9 Å². The van der Waals surface area contributed by atoms with E-state index in [9.17, 15) is 19.2 Å². The summed E-state index contributed by atoms with van der Waals surface area (Å²) in [7, 11) is 0. The summed E-state index contributed by atoms with van der Waals surface area (Å²) in [5.74, 6) is 0.371. The summed E-state index contributed by atoms with van der Waals surface area (Å²) in [5.41, 5.74) is 11.2. The quantitative estimate of drug-likeness (QED) is 0.147. The molecule has 20 heteroatoms. The second kappa shape index (κ2) is 11.6. The van der Waals surface area contributed by atoms with Gasteiger partial charge in [0.1, 0.15) is 12.4 Å². The largest absolute Gasteiger partial charge is 0.381 e. The van der Waals surface area contributed by atoms with Gasteiger partial charge in [0.2, 0.25) is 12.2 Å². The van der Waals surface area contributed by atoms with Crippen LogP contribution in [0.1, 0.15) is 51.1 Å². The van der Waals surface area contributed by atoms with Crippen LogP contribution in [0.25, 0.3) is 16.8 Å². The van der Waals surface area contributed by atoms with Gasteiger partial charge >= 0.3 is 6.72 Å². The Kier molecular flexibility index (Phi) is 8.29. The van der Waals surface area contributed by atoms with Crippen molar-refractivity contribution in [1.29, 1.82) is 0 Å². The minimum absolute atomic E-state index is 0.00466. The number of nitrogens with two attached hydrogens (primary N) is 2. The summed E-state index contributed by atoms with van der Waals surface area (Å²) in [6.45, 7) is -0.229. The third-order valence-electron chi connectivity index (χ3n) is 6.66. The van der Waals surface area contributed by atoms with E-state index in [0.29, 0.717) is 28.4 Å². The number of aliphatic hydroxyl groups is 1. The van der Waals surface area contributed by atoms with Gasteiger partial charge in [0.15, 0.2) is 22.6 Å². The highest BCUT2D eigenvalue weighted by molar-refractivity contribution is 8.07. The summed E-state index contributed by atoms with van der Waals surface area (Å²) in [4.78, 5) is 36.8. The number of H-pyrrole nitrogens is 1. The van der Waals surface area contributed by atoms with Crippen molar-refractivity contribution in [2.75, 3.05) is 18.1 Å². The van der Waals surface area contributed by atoms with Gasteiger partial charge in [0.05, 0.1) is 24.6 Å². The number of hydrogen-bond acceptors (Lipinski definition) is 14. The first-order chi connectivity index (χ1) is 19.4. The number of anilines is 2. The van der Waals surface area contributed by atoms with E-state index in [1.165, 1.54) is 6.33 Å². The van der Waals surface area contributed by atoms with E-state index >= 15 is 0 Å². The zero-order valence-electron chi connectivity index (χ0n) is 21.9. The molecule has 1 saturated heterocycles. The third-order valence-corrected chi connectivity index (χ3v) is 8.18. The number of aliphatic hydroxyl groups excluding tert-OH is 1. The van der Waals surface area contributed by atoms with Gasteiger partial charge in [-0.2, -0.15) is 14.8 Å². The maximum Gasteiger partial charge on any atom is 0.327 e. The molecule has 0 bridgehead atoms. The molecule has 41 heavy (non-hydrogen) atoms. The second-order valence-electron chi connectivity index (χ2n) is 9.99. The molecule has 1 unspecified atom stereocenters. The number of aromatic amines is 1.